The molecule has 0 fully saturated rings. The normalized spacial score (nSPS) is 10.2. The van der Waals surface area contributed by atoms with E-state index in [0.29, 0.717) is 17.8 Å². The smallest absolute Gasteiger partial charge is 0.255 e. The molecule has 17 heavy (non-hydrogen) atoms. The molecule has 3 N–H and O–H groups in total. The maximum absolute atomic E-state index is 11.8. The molecule has 0 aromatic carbocycles. The second-order valence-electron chi connectivity index (χ2n) is 3.51. The molecule has 0 saturated carbocycles. The highest BCUT2D eigenvalue weighted by atomic mass is 32.1. The molecule has 0 aliphatic carbocycles. The molecule has 2 aromatic heterocycles. The summed E-state index contributed by atoms with van der Waals surface area (Å²) in [4.78, 5) is 20.9. The van der Waals surface area contributed by atoms with Gasteiger partial charge < -0.3 is 11.1 Å². The van der Waals surface area contributed by atoms with Crippen LogP contribution in [0, 0.1) is 6.92 Å². The third-order valence-electron chi connectivity index (χ3n) is 2.17. The van der Waals surface area contributed by atoms with Crippen molar-refractivity contribution >= 4 is 22.9 Å². The largest absolute Gasteiger partial charge is 0.398 e. The Morgan fingerprint density at radius 3 is 3.00 bits per heavy atom. The molecule has 0 atom stereocenters. The van der Waals surface area contributed by atoms with Crippen LogP contribution in [0.25, 0.3) is 0 Å². The van der Waals surface area contributed by atoms with Crippen molar-refractivity contribution in [1.82, 2.24) is 15.3 Å². The third-order valence-corrected chi connectivity index (χ3v) is 3.08. The molecule has 0 radical (unpaired) electrons. The van der Waals surface area contributed by atoms with Crippen LogP contribution in [0.1, 0.15) is 20.2 Å². The molecule has 2 aromatic rings. The number of nitrogens with one attached hydrogen (secondary N) is 1. The monoisotopic (exact) mass is 248 g/mol. The second-order valence-corrected chi connectivity index (χ2v) is 4.83. The van der Waals surface area contributed by atoms with Gasteiger partial charge in [-0.25, -0.2) is 4.98 Å². The van der Waals surface area contributed by atoms with Crippen LogP contribution in [0.2, 0.25) is 0 Å². The molecule has 0 aliphatic rings. The molecule has 1 amide bonds. The molecule has 2 rings (SSSR count). The van der Waals surface area contributed by atoms with Crippen molar-refractivity contribution in [2.75, 3.05) is 5.73 Å². The van der Waals surface area contributed by atoms with Crippen LogP contribution in [0.15, 0.2) is 24.7 Å². The van der Waals surface area contributed by atoms with Gasteiger partial charge in [0.15, 0.2) is 0 Å². The van der Waals surface area contributed by atoms with Crippen LogP contribution in [-0.4, -0.2) is 15.9 Å². The number of carbonyl (C=O) groups excluding carboxylic acids is 1. The maximum Gasteiger partial charge on any atom is 0.255 e. The van der Waals surface area contributed by atoms with E-state index in [1.54, 1.807) is 29.8 Å². The van der Waals surface area contributed by atoms with Gasteiger partial charge in [-0.2, -0.15) is 0 Å². The fraction of sp³-hybridized carbons (Fsp3) is 0.182. The molecule has 0 bridgehead atoms. The lowest BCUT2D eigenvalue weighted by Crippen LogP contribution is -2.23. The fourth-order valence-corrected chi connectivity index (χ4v) is 2.06. The van der Waals surface area contributed by atoms with Crippen molar-refractivity contribution in [3.8, 4) is 0 Å². The minimum Gasteiger partial charge on any atom is -0.398 e. The number of pyridine rings is 1. The number of rotatable bonds is 3. The first-order valence-electron chi connectivity index (χ1n) is 5.06. The number of aromatic nitrogens is 2. The number of aryl methyl sites for hydroxylation is 1. The van der Waals surface area contributed by atoms with Crippen LogP contribution in [0.4, 0.5) is 5.69 Å². The molecule has 88 valence electrons. The highest BCUT2D eigenvalue weighted by molar-refractivity contribution is 7.11. The molecular formula is C11H12N4OS. The number of carbonyl (C=O) groups is 1. The zero-order chi connectivity index (χ0) is 12.3. The van der Waals surface area contributed by atoms with E-state index in [9.17, 15) is 4.79 Å². The molecule has 0 spiro atoms. The molecule has 6 heteroatoms. The summed E-state index contributed by atoms with van der Waals surface area (Å²) in [6.07, 6.45) is 4.79. The first-order valence-corrected chi connectivity index (χ1v) is 5.87. The topological polar surface area (TPSA) is 80.9 Å². The second kappa shape index (κ2) is 4.92. The summed E-state index contributed by atoms with van der Waals surface area (Å²) < 4.78 is 0. The van der Waals surface area contributed by atoms with E-state index in [1.807, 2.05) is 6.92 Å². The fourth-order valence-electron chi connectivity index (χ4n) is 1.33. The van der Waals surface area contributed by atoms with Gasteiger partial charge in [0.05, 0.1) is 12.1 Å². The Bertz CT molecular complexity index is 538. The predicted molar refractivity (Wildman–Crippen MR) is 66.7 cm³/mol. The number of nitrogens with zero attached hydrogens (tertiary/aromatic N) is 2. The van der Waals surface area contributed by atoms with Crippen LogP contribution < -0.4 is 11.1 Å². The molecule has 5 nitrogen and oxygen atoms in total. The summed E-state index contributed by atoms with van der Waals surface area (Å²) in [5.74, 6) is -0.233. The minimum absolute atomic E-state index is 0.233. The Morgan fingerprint density at radius 2 is 2.35 bits per heavy atom. The average molecular weight is 248 g/mol. The van der Waals surface area contributed by atoms with Gasteiger partial charge in [0.2, 0.25) is 0 Å². The molecule has 2 heterocycles. The third kappa shape index (κ3) is 2.79. The summed E-state index contributed by atoms with van der Waals surface area (Å²) in [5.41, 5.74) is 6.49. The predicted octanol–water partition coefficient (Wildman–Crippen LogP) is 1.36. The molecule has 0 aliphatic heterocycles. The van der Waals surface area contributed by atoms with E-state index in [4.69, 9.17) is 5.73 Å². The number of thiazole rings is 1. The Labute approximate surface area is 103 Å². The minimum atomic E-state index is -0.233. The quantitative estimate of drug-likeness (QED) is 0.859. The van der Waals surface area contributed by atoms with Crippen molar-refractivity contribution in [2.24, 2.45) is 0 Å². The van der Waals surface area contributed by atoms with Gasteiger partial charge in [-0.3, -0.25) is 9.78 Å². The summed E-state index contributed by atoms with van der Waals surface area (Å²) >= 11 is 1.56. The van der Waals surface area contributed by atoms with Gasteiger partial charge in [0.25, 0.3) is 5.91 Å². The Morgan fingerprint density at radius 1 is 1.53 bits per heavy atom. The number of nitrogen functional groups attached to an aromatic ring is 1. The Hall–Kier alpha value is -1.95. The lowest BCUT2D eigenvalue weighted by atomic mass is 10.2. The van der Waals surface area contributed by atoms with E-state index < -0.39 is 0 Å². The van der Waals surface area contributed by atoms with E-state index >= 15 is 0 Å². The zero-order valence-corrected chi connectivity index (χ0v) is 10.1. The van der Waals surface area contributed by atoms with Crippen LogP contribution in [-0.2, 0) is 6.54 Å². The maximum atomic E-state index is 11.8. The van der Waals surface area contributed by atoms with E-state index in [-0.39, 0.29) is 5.91 Å². The Kier molecular flexibility index (Phi) is 3.34. The first kappa shape index (κ1) is 11.5. The molecular weight excluding hydrogens is 236 g/mol. The van der Waals surface area contributed by atoms with Crippen molar-refractivity contribution < 1.29 is 4.79 Å². The number of nitrogens with two attached hydrogens (primary N) is 1. The van der Waals surface area contributed by atoms with Gasteiger partial charge in [-0.1, -0.05) is 0 Å². The summed E-state index contributed by atoms with van der Waals surface area (Å²) in [6, 6.07) is 1.60. The highest BCUT2D eigenvalue weighted by Gasteiger charge is 2.09. The summed E-state index contributed by atoms with van der Waals surface area (Å²) in [7, 11) is 0. The van der Waals surface area contributed by atoms with Crippen molar-refractivity contribution in [3.63, 3.8) is 0 Å². The SMILES string of the molecule is Cc1cnc(CNC(=O)c2cnccc2N)s1. The van der Waals surface area contributed by atoms with Gasteiger partial charge in [-0.15, -0.1) is 11.3 Å². The molecule has 0 saturated heterocycles. The van der Waals surface area contributed by atoms with E-state index in [2.05, 4.69) is 15.3 Å². The number of hydrogen-bond donors (Lipinski definition) is 2. The van der Waals surface area contributed by atoms with Gasteiger partial charge in [0.1, 0.15) is 5.01 Å². The standard InChI is InChI=1S/C11H12N4OS/c1-7-4-14-10(17-7)6-15-11(16)8-5-13-3-2-9(8)12/h2-5H,6H2,1H3,(H2,12,13)(H,15,16). The van der Waals surface area contributed by atoms with Crippen LogP contribution >= 0.6 is 11.3 Å². The van der Waals surface area contributed by atoms with Crippen LogP contribution in [0.3, 0.4) is 0 Å². The highest BCUT2D eigenvalue weighted by Crippen LogP contribution is 2.12. The summed E-state index contributed by atoms with van der Waals surface area (Å²) in [5, 5.41) is 3.63. The zero-order valence-electron chi connectivity index (χ0n) is 9.30. The number of hydrogen-bond acceptors (Lipinski definition) is 5. The van der Waals surface area contributed by atoms with E-state index in [1.165, 1.54) is 6.20 Å². The lowest BCUT2D eigenvalue weighted by Gasteiger charge is -2.04. The van der Waals surface area contributed by atoms with Crippen molar-refractivity contribution in [1.29, 1.82) is 0 Å². The van der Waals surface area contributed by atoms with Gasteiger partial charge in [-0.05, 0) is 13.0 Å². The van der Waals surface area contributed by atoms with E-state index in [0.717, 1.165) is 9.88 Å². The van der Waals surface area contributed by atoms with Crippen molar-refractivity contribution in [3.05, 3.63) is 40.1 Å². The Balaban J connectivity index is 2.01. The van der Waals surface area contributed by atoms with Gasteiger partial charge in [0, 0.05) is 29.2 Å². The average Bonchev–Trinajstić information content (AvgIpc) is 2.73. The summed E-state index contributed by atoms with van der Waals surface area (Å²) in [6.45, 7) is 2.38. The number of anilines is 1. The number of amides is 1. The van der Waals surface area contributed by atoms with Gasteiger partial charge >= 0.3 is 0 Å². The first-order chi connectivity index (χ1) is 8.16. The van der Waals surface area contributed by atoms with Crippen molar-refractivity contribution in [2.45, 2.75) is 13.5 Å². The lowest BCUT2D eigenvalue weighted by molar-refractivity contribution is 0.0951. The molecule has 0 unspecified atom stereocenters. The van der Waals surface area contributed by atoms with Crippen LogP contribution in [0.5, 0.6) is 0 Å².